The van der Waals surface area contributed by atoms with Crippen molar-refractivity contribution >= 4 is 27.5 Å². The van der Waals surface area contributed by atoms with Gasteiger partial charge in [0.1, 0.15) is 0 Å². The molecule has 0 aliphatic rings. The Morgan fingerprint density at radius 3 is 2.45 bits per heavy atom. The number of halogens is 4. The molecule has 0 saturated heterocycles. The first-order valence-corrected chi connectivity index (χ1v) is 6.64. The van der Waals surface area contributed by atoms with Gasteiger partial charge >= 0.3 is 6.18 Å². The number of hydrogen-bond donors (Lipinski definition) is 1. The lowest BCUT2D eigenvalue weighted by atomic mass is 10.1. The van der Waals surface area contributed by atoms with Crippen LogP contribution in [0.1, 0.15) is 25.0 Å². The summed E-state index contributed by atoms with van der Waals surface area (Å²) >= 11 is 3.16. The highest BCUT2D eigenvalue weighted by atomic mass is 79.9. The van der Waals surface area contributed by atoms with E-state index >= 15 is 0 Å². The fourth-order valence-corrected chi connectivity index (χ4v) is 1.58. The average molecular weight is 349 g/mol. The summed E-state index contributed by atoms with van der Waals surface area (Å²) in [5, 5.41) is 11.1. The van der Waals surface area contributed by atoms with E-state index in [0.29, 0.717) is 0 Å². The summed E-state index contributed by atoms with van der Waals surface area (Å²) < 4.78 is 38.3. The number of nitrogens with one attached hydrogen (secondary N) is 1. The number of amides is 1. The van der Waals surface area contributed by atoms with Gasteiger partial charge in [0.05, 0.1) is 22.0 Å². The van der Waals surface area contributed by atoms with Gasteiger partial charge in [-0.3, -0.25) is 4.79 Å². The number of carbonyl (C=O) groups excluding carboxylic acids is 1. The van der Waals surface area contributed by atoms with Crippen molar-refractivity contribution < 1.29 is 18.0 Å². The van der Waals surface area contributed by atoms with E-state index in [9.17, 15) is 18.0 Å². The van der Waals surface area contributed by atoms with Gasteiger partial charge in [0.25, 0.3) is 0 Å². The van der Waals surface area contributed by atoms with Crippen LogP contribution in [-0.2, 0) is 11.0 Å². The van der Waals surface area contributed by atoms with E-state index in [1.165, 1.54) is 12.1 Å². The summed E-state index contributed by atoms with van der Waals surface area (Å²) in [6.07, 6.45) is -4.64. The van der Waals surface area contributed by atoms with E-state index in [1.807, 2.05) is 0 Å². The van der Waals surface area contributed by atoms with Crippen molar-refractivity contribution in [2.24, 2.45) is 5.92 Å². The molecule has 7 heteroatoms. The highest BCUT2D eigenvalue weighted by Crippen LogP contribution is 2.33. The summed E-state index contributed by atoms with van der Waals surface area (Å²) in [4.78, 5) is 11.3. The standard InChI is InChI=1S/C13H12BrF3N2O/c1-7(2)11(14)12(20)19-9-4-3-8(6-18)10(5-9)13(15,16)17/h3-5,7,11H,1-2H3,(H,19,20). The minimum Gasteiger partial charge on any atom is -0.325 e. The van der Waals surface area contributed by atoms with Crippen LogP contribution in [-0.4, -0.2) is 10.7 Å². The summed E-state index contributed by atoms with van der Waals surface area (Å²) in [5.41, 5.74) is -1.53. The average Bonchev–Trinajstić information content (AvgIpc) is 2.36. The fourth-order valence-electron chi connectivity index (χ4n) is 1.47. The largest absolute Gasteiger partial charge is 0.417 e. The molecule has 0 heterocycles. The first-order chi connectivity index (χ1) is 9.16. The topological polar surface area (TPSA) is 52.9 Å². The van der Waals surface area contributed by atoms with E-state index in [4.69, 9.17) is 5.26 Å². The summed E-state index contributed by atoms with van der Waals surface area (Å²) in [6.45, 7) is 3.61. The second-order valence-electron chi connectivity index (χ2n) is 4.50. The lowest BCUT2D eigenvalue weighted by Crippen LogP contribution is -2.27. The Hall–Kier alpha value is -1.55. The zero-order valence-corrected chi connectivity index (χ0v) is 12.3. The van der Waals surface area contributed by atoms with Crippen molar-refractivity contribution in [1.82, 2.24) is 0 Å². The van der Waals surface area contributed by atoms with Crippen LogP contribution in [0.15, 0.2) is 18.2 Å². The smallest absolute Gasteiger partial charge is 0.325 e. The van der Waals surface area contributed by atoms with Crippen molar-refractivity contribution in [2.45, 2.75) is 24.9 Å². The number of rotatable bonds is 3. The van der Waals surface area contributed by atoms with Crippen molar-refractivity contribution in [3.8, 4) is 6.07 Å². The lowest BCUT2D eigenvalue weighted by Gasteiger charge is -2.15. The van der Waals surface area contributed by atoms with E-state index in [0.717, 1.165) is 12.1 Å². The van der Waals surface area contributed by atoms with Crippen LogP contribution in [0, 0.1) is 17.2 Å². The summed E-state index contributed by atoms with van der Waals surface area (Å²) in [7, 11) is 0. The predicted molar refractivity (Wildman–Crippen MR) is 72.3 cm³/mol. The number of nitrogens with zero attached hydrogens (tertiary/aromatic N) is 1. The van der Waals surface area contributed by atoms with Crippen molar-refractivity contribution in [3.63, 3.8) is 0 Å². The van der Waals surface area contributed by atoms with Gasteiger partial charge < -0.3 is 5.32 Å². The molecule has 0 aliphatic carbocycles. The number of hydrogen-bond acceptors (Lipinski definition) is 2. The molecule has 0 bridgehead atoms. The molecule has 0 spiro atoms. The lowest BCUT2D eigenvalue weighted by molar-refractivity contribution is -0.137. The molecule has 1 amide bonds. The fraction of sp³-hybridized carbons (Fsp3) is 0.385. The summed E-state index contributed by atoms with van der Waals surface area (Å²) in [5.74, 6) is -0.437. The molecule has 1 atom stereocenters. The SMILES string of the molecule is CC(C)C(Br)C(=O)Nc1ccc(C#N)c(C(F)(F)F)c1. The molecule has 1 aromatic carbocycles. The van der Waals surface area contributed by atoms with Crippen LogP contribution in [0.4, 0.5) is 18.9 Å². The van der Waals surface area contributed by atoms with Gasteiger partial charge in [-0.1, -0.05) is 29.8 Å². The molecule has 20 heavy (non-hydrogen) atoms. The zero-order valence-electron chi connectivity index (χ0n) is 10.8. The quantitative estimate of drug-likeness (QED) is 0.841. The van der Waals surface area contributed by atoms with Gasteiger partial charge in [-0.2, -0.15) is 18.4 Å². The highest BCUT2D eigenvalue weighted by molar-refractivity contribution is 9.10. The molecule has 3 nitrogen and oxygen atoms in total. The van der Waals surface area contributed by atoms with Gasteiger partial charge in [-0.15, -0.1) is 0 Å². The zero-order chi connectivity index (χ0) is 15.5. The van der Waals surface area contributed by atoms with Crippen LogP contribution in [0.3, 0.4) is 0 Å². The Balaban J connectivity index is 3.05. The second kappa shape index (κ2) is 6.27. The van der Waals surface area contributed by atoms with E-state index < -0.39 is 28.0 Å². The van der Waals surface area contributed by atoms with Gasteiger partial charge in [0, 0.05) is 5.69 Å². The molecular formula is C13H12BrF3N2O. The molecule has 1 aromatic rings. The molecule has 0 radical (unpaired) electrons. The Morgan fingerprint density at radius 1 is 1.40 bits per heavy atom. The second-order valence-corrected chi connectivity index (χ2v) is 5.49. The Kier molecular flexibility index (Phi) is 5.17. The maximum absolute atomic E-state index is 12.8. The van der Waals surface area contributed by atoms with Gasteiger partial charge in [0.15, 0.2) is 0 Å². The van der Waals surface area contributed by atoms with Gasteiger partial charge in [0.2, 0.25) is 5.91 Å². The van der Waals surface area contributed by atoms with Gasteiger partial charge in [-0.05, 0) is 24.1 Å². The monoisotopic (exact) mass is 348 g/mol. The number of anilines is 1. The minimum absolute atomic E-state index is 0.00420. The molecule has 0 aromatic heterocycles. The maximum Gasteiger partial charge on any atom is 0.417 e. The first-order valence-electron chi connectivity index (χ1n) is 5.73. The van der Waals surface area contributed by atoms with Crippen molar-refractivity contribution in [2.75, 3.05) is 5.32 Å². The highest BCUT2D eigenvalue weighted by Gasteiger charge is 2.34. The first kappa shape index (κ1) is 16.5. The van der Waals surface area contributed by atoms with E-state index in [-0.39, 0.29) is 11.6 Å². The number of carbonyl (C=O) groups is 1. The Morgan fingerprint density at radius 2 is 2.00 bits per heavy atom. The third-order valence-electron chi connectivity index (χ3n) is 2.55. The van der Waals surface area contributed by atoms with Crippen LogP contribution in [0.5, 0.6) is 0 Å². The molecule has 1 N–H and O–H groups in total. The number of alkyl halides is 4. The predicted octanol–water partition coefficient (Wildman–Crippen LogP) is 3.94. The normalized spacial score (nSPS) is 12.9. The number of benzene rings is 1. The van der Waals surface area contributed by atoms with E-state index in [1.54, 1.807) is 13.8 Å². The van der Waals surface area contributed by atoms with Crippen LogP contribution in [0.25, 0.3) is 0 Å². The molecule has 0 aliphatic heterocycles. The van der Waals surface area contributed by atoms with E-state index in [2.05, 4.69) is 21.2 Å². The Labute approximate surface area is 122 Å². The molecule has 1 rings (SSSR count). The van der Waals surface area contributed by atoms with Crippen LogP contribution in [0.2, 0.25) is 0 Å². The van der Waals surface area contributed by atoms with Crippen molar-refractivity contribution in [3.05, 3.63) is 29.3 Å². The summed E-state index contributed by atoms with van der Waals surface area (Å²) in [6, 6.07) is 4.55. The third-order valence-corrected chi connectivity index (χ3v) is 4.02. The molecule has 0 fully saturated rings. The Bertz CT molecular complexity index is 550. The number of nitriles is 1. The molecule has 0 saturated carbocycles. The third kappa shape index (κ3) is 3.97. The van der Waals surface area contributed by atoms with Crippen LogP contribution >= 0.6 is 15.9 Å². The van der Waals surface area contributed by atoms with Crippen molar-refractivity contribution in [1.29, 1.82) is 5.26 Å². The van der Waals surface area contributed by atoms with Crippen LogP contribution < -0.4 is 5.32 Å². The van der Waals surface area contributed by atoms with Gasteiger partial charge in [-0.25, -0.2) is 0 Å². The minimum atomic E-state index is -4.64. The molecule has 108 valence electrons. The molecule has 1 unspecified atom stereocenters. The molecular weight excluding hydrogens is 337 g/mol. The maximum atomic E-state index is 12.8.